The second kappa shape index (κ2) is 18.8. The van der Waals surface area contributed by atoms with Gasteiger partial charge in [0.25, 0.3) is 0 Å². The molecule has 0 saturated carbocycles. The summed E-state index contributed by atoms with van der Waals surface area (Å²) < 4.78 is 36.4. The van der Waals surface area contributed by atoms with E-state index in [0.29, 0.717) is 35.2 Å². The molecule has 10 aromatic rings. The summed E-state index contributed by atoms with van der Waals surface area (Å²) in [5.74, 6) is 2.67. The van der Waals surface area contributed by atoms with Gasteiger partial charge in [0, 0.05) is 50.0 Å². The fraction of sp³-hybridized carbons (Fsp3) is 0.243. The molecule has 0 unspecified atom stereocenters. The maximum absolute atomic E-state index is 9.10. The molecule has 0 bridgehead atoms. The molecule has 0 spiro atoms. The SMILES string of the molecule is [2H]C([2H])([2H])c1cc(-c2ccc(C(C)C)cc2)ccc1-c1cccc(-c2cc(C(C)(C)C)cc(C(C)(C)C)c2)c1N1CN(c2cccc(Oc3ccc4c5ccccc5n(-c5cc(C(C)(C)C)ccn5)c4c3)c2)c2ccccc21. The third-order valence-corrected chi connectivity index (χ3v) is 15.1. The minimum absolute atomic E-state index is 0.0425. The van der Waals surface area contributed by atoms with Gasteiger partial charge in [-0.25, -0.2) is 4.98 Å². The third-order valence-electron chi connectivity index (χ3n) is 15.1. The van der Waals surface area contributed by atoms with E-state index in [9.17, 15) is 0 Å². The molecule has 1 aliphatic rings. The number of hydrogen-bond donors (Lipinski definition) is 0. The van der Waals surface area contributed by atoms with Crippen molar-refractivity contribution in [1.82, 2.24) is 9.55 Å². The summed E-state index contributed by atoms with van der Waals surface area (Å²) in [4.78, 5) is 9.62. The van der Waals surface area contributed by atoms with Gasteiger partial charge in [0.05, 0.1) is 28.1 Å². The number of aryl methyl sites for hydroxylation is 1. The van der Waals surface area contributed by atoms with Crippen molar-refractivity contribution < 1.29 is 8.85 Å². The van der Waals surface area contributed by atoms with E-state index in [1.54, 1.807) is 0 Å². The number of rotatable bonds is 9. The Bertz CT molecular complexity index is 3870. The van der Waals surface area contributed by atoms with Crippen LogP contribution < -0.4 is 14.5 Å². The van der Waals surface area contributed by atoms with Crippen LogP contribution in [-0.4, -0.2) is 16.2 Å². The molecule has 8 aromatic carbocycles. The van der Waals surface area contributed by atoms with Crippen molar-refractivity contribution in [3.8, 4) is 50.7 Å². The summed E-state index contributed by atoms with van der Waals surface area (Å²) >= 11 is 0. The first-order chi connectivity index (χ1) is 37.0. The molecule has 11 rings (SSSR count). The van der Waals surface area contributed by atoms with Gasteiger partial charge in [0.1, 0.15) is 24.0 Å². The number of ether oxygens (including phenoxy) is 1. The average Bonchev–Trinajstić information content (AvgIpc) is 4.18. The summed E-state index contributed by atoms with van der Waals surface area (Å²) in [6, 6.07) is 63.9. The number of pyridine rings is 1. The smallest absolute Gasteiger partial charge is 0.137 e. The van der Waals surface area contributed by atoms with Crippen LogP contribution in [0.2, 0.25) is 0 Å². The predicted molar refractivity (Wildman–Crippen MR) is 318 cm³/mol. The van der Waals surface area contributed by atoms with Crippen LogP contribution in [-0.2, 0) is 16.2 Å². The zero-order valence-electron chi connectivity index (χ0n) is 48.4. The van der Waals surface area contributed by atoms with Gasteiger partial charge in [0.15, 0.2) is 0 Å². The standard InChI is InChI=1S/C70H70N4O/c1-45(2)47-27-29-48(30-28-47)49-31-33-57(46(3)37-49)61-23-18-22-58(50-38-52(69(7,8)9)40-53(39-50)70(10,11)12)67(61)73-44-72(63-25-15-16-26-64(63)73)54-19-17-20-55(42-54)75-56-32-34-60-59-21-13-14-24-62(59)74(65(60)43-56)66-41-51(35-36-71-66)68(4,5)6/h13-43,45H,44H2,1-12H3/i3D3. The van der Waals surface area contributed by atoms with E-state index in [1.165, 1.54) is 22.3 Å². The van der Waals surface area contributed by atoms with E-state index in [2.05, 4.69) is 254 Å². The minimum Gasteiger partial charge on any atom is -0.457 e. The molecule has 2 aromatic heterocycles. The van der Waals surface area contributed by atoms with Crippen LogP contribution in [0.15, 0.2) is 188 Å². The summed E-state index contributed by atoms with van der Waals surface area (Å²) in [7, 11) is 0. The highest BCUT2D eigenvalue weighted by molar-refractivity contribution is 6.09. The maximum Gasteiger partial charge on any atom is 0.137 e. The molecule has 0 radical (unpaired) electrons. The minimum atomic E-state index is -2.41. The lowest BCUT2D eigenvalue weighted by Gasteiger charge is -2.30. The molecular formula is C70H70N4O. The second-order valence-electron chi connectivity index (χ2n) is 23.8. The molecule has 1 aliphatic heterocycles. The predicted octanol–water partition coefficient (Wildman–Crippen LogP) is 19.5. The van der Waals surface area contributed by atoms with Crippen molar-refractivity contribution in [2.75, 3.05) is 16.5 Å². The van der Waals surface area contributed by atoms with Gasteiger partial charge in [-0.15, -0.1) is 0 Å². The normalized spacial score (nSPS) is 13.8. The Morgan fingerprint density at radius 1 is 0.493 bits per heavy atom. The summed E-state index contributed by atoms with van der Waals surface area (Å²) in [5.41, 5.74) is 16.5. The van der Waals surface area contributed by atoms with Crippen LogP contribution in [0.5, 0.6) is 11.5 Å². The van der Waals surface area contributed by atoms with Gasteiger partial charge in [-0.05, 0) is 134 Å². The van der Waals surface area contributed by atoms with Crippen molar-refractivity contribution in [2.45, 2.75) is 105 Å². The van der Waals surface area contributed by atoms with E-state index in [0.717, 1.165) is 78.2 Å². The molecule has 0 saturated heterocycles. The monoisotopic (exact) mass is 986 g/mol. The molecule has 0 fully saturated rings. The van der Waals surface area contributed by atoms with Crippen LogP contribution in [0, 0.1) is 6.85 Å². The molecule has 0 atom stereocenters. The largest absolute Gasteiger partial charge is 0.457 e. The molecule has 0 aliphatic carbocycles. The first-order valence-electron chi connectivity index (χ1n) is 28.0. The van der Waals surface area contributed by atoms with Gasteiger partial charge in [-0.1, -0.05) is 191 Å². The van der Waals surface area contributed by atoms with E-state index < -0.39 is 6.85 Å². The summed E-state index contributed by atoms with van der Waals surface area (Å²) in [6.45, 7) is 22.7. The Kier molecular flexibility index (Phi) is 11.5. The number of anilines is 4. The average molecular weight is 986 g/mol. The summed E-state index contributed by atoms with van der Waals surface area (Å²) in [5, 5.41) is 2.28. The Hall–Kier alpha value is -7.89. The van der Waals surface area contributed by atoms with E-state index in [4.69, 9.17) is 13.8 Å². The van der Waals surface area contributed by atoms with Crippen molar-refractivity contribution >= 4 is 44.6 Å². The Morgan fingerprint density at radius 3 is 1.84 bits per heavy atom. The van der Waals surface area contributed by atoms with Crippen molar-refractivity contribution in [1.29, 1.82) is 0 Å². The molecule has 0 N–H and O–H groups in total. The zero-order valence-corrected chi connectivity index (χ0v) is 45.4. The first kappa shape index (κ1) is 45.7. The van der Waals surface area contributed by atoms with E-state index in [1.807, 2.05) is 24.4 Å². The lowest BCUT2D eigenvalue weighted by Crippen LogP contribution is -2.25. The van der Waals surface area contributed by atoms with Crippen LogP contribution in [0.1, 0.15) is 114 Å². The van der Waals surface area contributed by atoms with Crippen LogP contribution in [0.25, 0.3) is 61.0 Å². The molecule has 376 valence electrons. The zero-order chi connectivity index (χ0) is 55.1. The Balaban J connectivity index is 1.04. The number of aromatic nitrogens is 2. The molecule has 5 nitrogen and oxygen atoms in total. The maximum atomic E-state index is 9.10. The number of para-hydroxylation sites is 4. The van der Waals surface area contributed by atoms with Crippen molar-refractivity contribution in [2.24, 2.45) is 0 Å². The lowest BCUT2D eigenvalue weighted by atomic mass is 9.78. The van der Waals surface area contributed by atoms with Crippen LogP contribution >= 0.6 is 0 Å². The van der Waals surface area contributed by atoms with Crippen molar-refractivity contribution in [3.05, 3.63) is 216 Å². The lowest BCUT2D eigenvalue weighted by molar-refractivity contribution is 0.483. The van der Waals surface area contributed by atoms with Gasteiger partial charge < -0.3 is 14.5 Å². The van der Waals surface area contributed by atoms with Gasteiger partial charge in [0.2, 0.25) is 0 Å². The number of hydrogen-bond acceptors (Lipinski definition) is 4. The van der Waals surface area contributed by atoms with Gasteiger partial charge in [-0.3, -0.25) is 4.57 Å². The van der Waals surface area contributed by atoms with E-state index in [-0.39, 0.29) is 16.2 Å². The highest BCUT2D eigenvalue weighted by atomic mass is 16.5. The third kappa shape index (κ3) is 9.39. The fourth-order valence-corrected chi connectivity index (χ4v) is 10.7. The molecule has 5 heteroatoms. The number of nitrogens with zero attached hydrogens (tertiary/aromatic N) is 4. The van der Waals surface area contributed by atoms with Crippen LogP contribution in [0.3, 0.4) is 0 Å². The van der Waals surface area contributed by atoms with Crippen LogP contribution in [0.4, 0.5) is 22.7 Å². The molecule has 0 amide bonds. The summed E-state index contributed by atoms with van der Waals surface area (Å²) in [6.07, 6.45) is 1.91. The molecule has 75 heavy (non-hydrogen) atoms. The quantitative estimate of drug-likeness (QED) is 0.144. The van der Waals surface area contributed by atoms with Gasteiger partial charge in [-0.2, -0.15) is 0 Å². The Morgan fingerprint density at radius 2 is 1.13 bits per heavy atom. The number of fused-ring (bicyclic) bond motifs is 4. The highest BCUT2D eigenvalue weighted by Crippen LogP contribution is 2.52. The van der Waals surface area contributed by atoms with E-state index >= 15 is 0 Å². The topological polar surface area (TPSA) is 33.5 Å². The number of benzene rings is 8. The second-order valence-corrected chi connectivity index (χ2v) is 23.8. The Labute approximate surface area is 449 Å². The molecular weight excluding hydrogens is 913 g/mol. The highest BCUT2D eigenvalue weighted by Gasteiger charge is 2.33. The van der Waals surface area contributed by atoms with Crippen molar-refractivity contribution in [3.63, 3.8) is 0 Å². The fourth-order valence-electron chi connectivity index (χ4n) is 10.7. The molecule has 3 heterocycles. The first-order valence-corrected chi connectivity index (χ1v) is 26.5. The van der Waals surface area contributed by atoms with Gasteiger partial charge >= 0.3 is 0 Å².